The minimum absolute atomic E-state index is 0.460. The van der Waals surface area contributed by atoms with Gasteiger partial charge in [0.2, 0.25) is 0 Å². The van der Waals surface area contributed by atoms with Crippen molar-refractivity contribution in [3.8, 4) is 11.5 Å². The van der Waals surface area contributed by atoms with Crippen molar-refractivity contribution in [2.75, 3.05) is 14.2 Å². The Morgan fingerprint density at radius 3 is 2.35 bits per heavy atom. The van der Waals surface area contributed by atoms with Gasteiger partial charge in [-0.3, -0.25) is 0 Å². The van der Waals surface area contributed by atoms with E-state index in [0.29, 0.717) is 5.92 Å². The predicted octanol–water partition coefficient (Wildman–Crippen LogP) is 4.54. The molecule has 1 atom stereocenters. The Bertz CT molecular complexity index is 388. The standard InChI is InChI=1S/C14H19BrO2/c1-5-7-10(6-2)11-8-13(16-3)14(17-4)9-12(11)15/h5,8-10H,1,6-7H2,2-4H3. The summed E-state index contributed by atoms with van der Waals surface area (Å²) in [5.74, 6) is 1.98. The van der Waals surface area contributed by atoms with Crippen LogP contribution < -0.4 is 9.47 Å². The van der Waals surface area contributed by atoms with Crippen LogP contribution in [0.2, 0.25) is 0 Å². The number of rotatable bonds is 6. The zero-order chi connectivity index (χ0) is 12.8. The maximum Gasteiger partial charge on any atom is 0.161 e. The number of ether oxygens (including phenoxy) is 2. The zero-order valence-corrected chi connectivity index (χ0v) is 12.2. The van der Waals surface area contributed by atoms with Gasteiger partial charge in [0.1, 0.15) is 0 Å². The lowest BCUT2D eigenvalue weighted by molar-refractivity contribution is 0.354. The van der Waals surface area contributed by atoms with Crippen LogP contribution in [0.3, 0.4) is 0 Å². The molecule has 1 aromatic rings. The SMILES string of the molecule is C=CCC(CC)c1cc(OC)c(OC)cc1Br. The Hall–Kier alpha value is -0.960. The monoisotopic (exact) mass is 298 g/mol. The molecule has 1 aromatic carbocycles. The lowest BCUT2D eigenvalue weighted by atomic mass is 9.93. The van der Waals surface area contributed by atoms with Crippen LogP contribution >= 0.6 is 15.9 Å². The predicted molar refractivity (Wildman–Crippen MR) is 75.1 cm³/mol. The minimum atomic E-state index is 0.460. The summed E-state index contributed by atoms with van der Waals surface area (Å²) in [6, 6.07) is 4.00. The lowest BCUT2D eigenvalue weighted by Gasteiger charge is -2.18. The van der Waals surface area contributed by atoms with E-state index in [1.807, 2.05) is 18.2 Å². The van der Waals surface area contributed by atoms with E-state index in [1.165, 1.54) is 5.56 Å². The van der Waals surface area contributed by atoms with Gasteiger partial charge in [-0.2, -0.15) is 0 Å². The van der Waals surface area contributed by atoms with Gasteiger partial charge in [-0.1, -0.05) is 28.9 Å². The molecular formula is C14H19BrO2. The van der Waals surface area contributed by atoms with Crippen molar-refractivity contribution in [3.63, 3.8) is 0 Å². The highest BCUT2D eigenvalue weighted by atomic mass is 79.9. The normalized spacial score (nSPS) is 12.0. The summed E-state index contributed by atoms with van der Waals surface area (Å²) >= 11 is 3.59. The molecule has 0 spiro atoms. The molecule has 0 amide bonds. The lowest BCUT2D eigenvalue weighted by Crippen LogP contribution is -2.00. The molecule has 1 unspecified atom stereocenters. The molecule has 94 valence electrons. The van der Waals surface area contributed by atoms with Crippen molar-refractivity contribution in [3.05, 3.63) is 34.8 Å². The Kier molecular flexibility index (Phi) is 5.56. The van der Waals surface area contributed by atoms with Crippen LogP contribution in [0.15, 0.2) is 29.3 Å². The van der Waals surface area contributed by atoms with E-state index in [2.05, 4.69) is 29.4 Å². The van der Waals surface area contributed by atoms with Gasteiger partial charge in [0, 0.05) is 4.47 Å². The van der Waals surface area contributed by atoms with E-state index in [4.69, 9.17) is 9.47 Å². The van der Waals surface area contributed by atoms with E-state index in [9.17, 15) is 0 Å². The van der Waals surface area contributed by atoms with E-state index >= 15 is 0 Å². The molecule has 0 N–H and O–H groups in total. The van der Waals surface area contributed by atoms with Crippen LogP contribution in [-0.2, 0) is 0 Å². The molecule has 0 bridgehead atoms. The maximum absolute atomic E-state index is 5.33. The highest BCUT2D eigenvalue weighted by Gasteiger charge is 2.15. The van der Waals surface area contributed by atoms with Gasteiger partial charge in [0.15, 0.2) is 11.5 Å². The third-order valence-corrected chi connectivity index (χ3v) is 3.57. The van der Waals surface area contributed by atoms with Gasteiger partial charge >= 0.3 is 0 Å². The second-order valence-electron chi connectivity index (χ2n) is 3.86. The summed E-state index contributed by atoms with van der Waals surface area (Å²) in [7, 11) is 3.30. The molecule has 0 heterocycles. The minimum Gasteiger partial charge on any atom is -0.493 e. The second kappa shape index (κ2) is 6.70. The number of halogens is 1. The smallest absolute Gasteiger partial charge is 0.161 e. The Morgan fingerprint density at radius 1 is 1.29 bits per heavy atom. The summed E-state index contributed by atoms with van der Waals surface area (Å²) in [5.41, 5.74) is 1.24. The number of hydrogen-bond donors (Lipinski definition) is 0. The molecule has 0 aliphatic carbocycles. The van der Waals surface area contributed by atoms with Crippen molar-refractivity contribution in [1.29, 1.82) is 0 Å². The molecule has 1 rings (SSSR count). The first-order valence-electron chi connectivity index (χ1n) is 5.70. The molecule has 0 saturated carbocycles. The molecule has 0 fully saturated rings. The molecule has 2 nitrogen and oxygen atoms in total. The second-order valence-corrected chi connectivity index (χ2v) is 4.71. The van der Waals surface area contributed by atoms with Crippen molar-refractivity contribution in [1.82, 2.24) is 0 Å². The molecule has 3 heteroatoms. The van der Waals surface area contributed by atoms with Gasteiger partial charge in [-0.15, -0.1) is 6.58 Å². The van der Waals surface area contributed by atoms with Gasteiger partial charge in [0.25, 0.3) is 0 Å². The third kappa shape index (κ3) is 3.25. The van der Waals surface area contributed by atoms with E-state index in [0.717, 1.165) is 28.8 Å². The zero-order valence-electron chi connectivity index (χ0n) is 10.6. The van der Waals surface area contributed by atoms with Crippen LogP contribution in [-0.4, -0.2) is 14.2 Å². The maximum atomic E-state index is 5.33. The van der Waals surface area contributed by atoms with Crippen LogP contribution in [0, 0.1) is 0 Å². The average Bonchev–Trinajstić information content (AvgIpc) is 2.36. The fourth-order valence-corrected chi connectivity index (χ4v) is 2.54. The van der Waals surface area contributed by atoms with Crippen molar-refractivity contribution >= 4 is 15.9 Å². The summed E-state index contributed by atoms with van der Waals surface area (Å²) < 4.78 is 11.7. The van der Waals surface area contributed by atoms with E-state index in [1.54, 1.807) is 14.2 Å². The van der Waals surface area contributed by atoms with Gasteiger partial charge in [-0.25, -0.2) is 0 Å². The highest BCUT2D eigenvalue weighted by Crippen LogP contribution is 2.38. The first kappa shape index (κ1) is 14.1. The summed E-state index contributed by atoms with van der Waals surface area (Å²) in [6.07, 6.45) is 3.99. The number of methoxy groups -OCH3 is 2. The third-order valence-electron chi connectivity index (χ3n) is 2.89. The Balaban J connectivity index is 3.18. The highest BCUT2D eigenvalue weighted by molar-refractivity contribution is 9.10. The molecule has 17 heavy (non-hydrogen) atoms. The largest absolute Gasteiger partial charge is 0.493 e. The van der Waals surface area contributed by atoms with E-state index < -0.39 is 0 Å². The first-order chi connectivity index (χ1) is 8.17. The van der Waals surface area contributed by atoms with Gasteiger partial charge < -0.3 is 9.47 Å². The van der Waals surface area contributed by atoms with E-state index in [-0.39, 0.29) is 0 Å². The van der Waals surface area contributed by atoms with Gasteiger partial charge in [-0.05, 0) is 36.5 Å². The van der Waals surface area contributed by atoms with Crippen LogP contribution in [0.4, 0.5) is 0 Å². The Morgan fingerprint density at radius 2 is 1.88 bits per heavy atom. The molecule has 0 saturated heterocycles. The van der Waals surface area contributed by atoms with Crippen LogP contribution in [0.25, 0.3) is 0 Å². The van der Waals surface area contributed by atoms with Crippen LogP contribution in [0.5, 0.6) is 11.5 Å². The van der Waals surface area contributed by atoms with Crippen molar-refractivity contribution in [2.24, 2.45) is 0 Å². The summed E-state index contributed by atoms with van der Waals surface area (Å²) in [5, 5.41) is 0. The van der Waals surface area contributed by atoms with Crippen molar-refractivity contribution in [2.45, 2.75) is 25.7 Å². The molecular weight excluding hydrogens is 280 g/mol. The quantitative estimate of drug-likeness (QED) is 0.718. The average molecular weight is 299 g/mol. The fraction of sp³-hybridized carbons (Fsp3) is 0.429. The molecule has 0 aliphatic rings. The number of benzene rings is 1. The number of allylic oxidation sites excluding steroid dienone is 1. The first-order valence-corrected chi connectivity index (χ1v) is 6.49. The van der Waals surface area contributed by atoms with Gasteiger partial charge in [0.05, 0.1) is 14.2 Å². The fourth-order valence-electron chi connectivity index (χ4n) is 1.90. The van der Waals surface area contributed by atoms with Crippen molar-refractivity contribution < 1.29 is 9.47 Å². The van der Waals surface area contributed by atoms with Crippen LogP contribution in [0.1, 0.15) is 31.2 Å². The topological polar surface area (TPSA) is 18.5 Å². The summed E-state index contributed by atoms with van der Waals surface area (Å²) in [4.78, 5) is 0. The molecule has 0 radical (unpaired) electrons. The molecule has 0 aliphatic heterocycles. The summed E-state index contributed by atoms with van der Waals surface area (Å²) in [6.45, 7) is 5.99. The number of hydrogen-bond acceptors (Lipinski definition) is 2. The Labute approximate surface area is 112 Å². The molecule has 0 aromatic heterocycles.